The zero-order valence-corrected chi connectivity index (χ0v) is 13.0. The maximum Gasteiger partial charge on any atom is 0.279 e. The first-order valence-corrected chi connectivity index (χ1v) is 7.71. The number of amides is 1. The van der Waals surface area contributed by atoms with Crippen molar-refractivity contribution in [1.29, 1.82) is 0 Å². The van der Waals surface area contributed by atoms with E-state index >= 15 is 0 Å². The summed E-state index contributed by atoms with van der Waals surface area (Å²) in [5, 5.41) is 7.37. The van der Waals surface area contributed by atoms with Crippen molar-refractivity contribution in [3.05, 3.63) is 11.4 Å². The first kappa shape index (κ1) is 15.0. The third kappa shape index (κ3) is 3.82. The van der Waals surface area contributed by atoms with E-state index in [2.05, 4.69) is 10.4 Å². The molecule has 1 aliphatic rings. The van der Waals surface area contributed by atoms with Crippen molar-refractivity contribution in [3.63, 3.8) is 0 Å². The number of hydrogen-bond donors (Lipinski definition) is 2. The fourth-order valence-electron chi connectivity index (χ4n) is 2.95. The van der Waals surface area contributed by atoms with E-state index in [1.54, 1.807) is 0 Å². The van der Waals surface area contributed by atoms with E-state index in [-0.39, 0.29) is 5.91 Å². The summed E-state index contributed by atoms with van der Waals surface area (Å²) >= 11 is 0. The highest BCUT2D eigenvalue weighted by Gasteiger charge is 2.18. The zero-order valence-electron chi connectivity index (χ0n) is 13.0. The molecule has 0 unspecified atom stereocenters. The number of carbonyl (C=O) groups is 1. The van der Waals surface area contributed by atoms with Crippen LogP contribution >= 0.6 is 0 Å². The number of quaternary nitrogens is 1. The quantitative estimate of drug-likeness (QED) is 0.861. The third-order valence-electron chi connectivity index (χ3n) is 4.24. The standard InChI is InChI=1S/C15H26N4O/c1-12-15(13(2)18(3)17-12)16-14(20)11-19-9-7-5-4-6-8-10-19/h4-11H2,1-3H3,(H,16,20)/p+1. The van der Waals surface area contributed by atoms with Crippen LogP contribution in [-0.2, 0) is 11.8 Å². The van der Waals surface area contributed by atoms with Crippen LogP contribution in [0.3, 0.4) is 0 Å². The molecule has 1 saturated heterocycles. The summed E-state index contributed by atoms with van der Waals surface area (Å²) in [5.74, 6) is 0.111. The topological polar surface area (TPSA) is 51.4 Å². The Kier molecular flexibility index (Phi) is 5.17. The lowest BCUT2D eigenvalue weighted by molar-refractivity contribution is -0.892. The monoisotopic (exact) mass is 279 g/mol. The van der Waals surface area contributed by atoms with Gasteiger partial charge in [-0.15, -0.1) is 0 Å². The Balaban J connectivity index is 1.91. The minimum atomic E-state index is 0.111. The normalized spacial score (nSPS) is 17.6. The number of rotatable bonds is 3. The molecule has 1 amide bonds. The van der Waals surface area contributed by atoms with Gasteiger partial charge in [0.15, 0.2) is 6.54 Å². The molecule has 5 heteroatoms. The molecule has 5 nitrogen and oxygen atoms in total. The van der Waals surface area contributed by atoms with Crippen LogP contribution < -0.4 is 10.2 Å². The maximum atomic E-state index is 12.2. The van der Waals surface area contributed by atoms with Crippen molar-refractivity contribution in [2.75, 3.05) is 25.0 Å². The van der Waals surface area contributed by atoms with Gasteiger partial charge in [0.25, 0.3) is 5.91 Å². The average Bonchev–Trinajstić information content (AvgIpc) is 2.59. The second-order valence-corrected chi connectivity index (χ2v) is 5.91. The van der Waals surface area contributed by atoms with Crippen LogP contribution in [0.4, 0.5) is 5.69 Å². The lowest BCUT2D eigenvalue weighted by Crippen LogP contribution is -3.13. The molecule has 20 heavy (non-hydrogen) atoms. The van der Waals surface area contributed by atoms with Gasteiger partial charge in [-0.25, -0.2) is 0 Å². The van der Waals surface area contributed by atoms with Gasteiger partial charge < -0.3 is 10.2 Å². The number of anilines is 1. The second kappa shape index (κ2) is 6.88. The average molecular weight is 279 g/mol. The maximum absolute atomic E-state index is 12.2. The highest BCUT2D eigenvalue weighted by atomic mass is 16.2. The highest BCUT2D eigenvalue weighted by molar-refractivity contribution is 5.92. The smallest absolute Gasteiger partial charge is 0.279 e. The molecule has 0 spiro atoms. The molecule has 0 atom stereocenters. The molecule has 112 valence electrons. The van der Waals surface area contributed by atoms with E-state index in [0.717, 1.165) is 30.2 Å². The van der Waals surface area contributed by atoms with Crippen LogP contribution in [0, 0.1) is 13.8 Å². The first-order valence-electron chi connectivity index (χ1n) is 7.71. The Labute approximate surface area is 121 Å². The first-order chi connectivity index (χ1) is 9.58. The summed E-state index contributed by atoms with van der Waals surface area (Å²) in [5.41, 5.74) is 2.78. The number of hydrogen-bond acceptors (Lipinski definition) is 2. The van der Waals surface area contributed by atoms with E-state index in [0.29, 0.717) is 6.54 Å². The fraction of sp³-hybridized carbons (Fsp3) is 0.733. The van der Waals surface area contributed by atoms with Gasteiger partial charge in [-0.2, -0.15) is 5.10 Å². The number of nitrogens with one attached hydrogen (secondary N) is 2. The summed E-state index contributed by atoms with van der Waals surface area (Å²) in [7, 11) is 1.90. The lowest BCUT2D eigenvalue weighted by atomic mass is 10.1. The molecule has 0 aromatic carbocycles. The molecule has 1 fully saturated rings. The Hall–Kier alpha value is -1.36. The molecule has 1 aromatic rings. The Bertz CT molecular complexity index is 459. The van der Waals surface area contributed by atoms with E-state index in [1.807, 2.05) is 25.6 Å². The molecule has 1 aromatic heterocycles. The number of nitrogens with zero attached hydrogens (tertiary/aromatic N) is 2. The van der Waals surface area contributed by atoms with E-state index < -0.39 is 0 Å². The molecule has 0 saturated carbocycles. The Morgan fingerprint density at radius 1 is 1.20 bits per heavy atom. The number of carbonyl (C=O) groups excluding carboxylic acids is 1. The minimum absolute atomic E-state index is 0.111. The number of aryl methyl sites for hydroxylation is 2. The molecule has 2 N–H and O–H groups in total. The molecule has 1 aliphatic heterocycles. The highest BCUT2D eigenvalue weighted by Crippen LogP contribution is 2.17. The summed E-state index contributed by atoms with van der Waals surface area (Å²) in [6.45, 7) is 6.74. The minimum Gasteiger partial charge on any atom is -0.327 e. The van der Waals surface area contributed by atoms with E-state index in [1.165, 1.54) is 37.0 Å². The zero-order chi connectivity index (χ0) is 14.5. The van der Waals surface area contributed by atoms with Crippen molar-refractivity contribution in [2.45, 2.75) is 46.0 Å². The van der Waals surface area contributed by atoms with Gasteiger partial charge >= 0.3 is 0 Å². The van der Waals surface area contributed by atoms with E-state index in [4.69, 9.17) is 0 Å². The van der Waals surface area contributed by atoms with Gasteiger partial charge in [-0.05, 0) is 39.5 Å². The molecule has 2 rings (SSSR count). The molecule has 0 bridgehead atoms. The Morgan fingerprint density at radius 3 is 2.35 bits per heavy atom. The SMILES string of the molecule is Cc1nn(C)c(C)c1NC(=O)C[NH+]1CCCCCCC1. The van der Waals surface area contributed by atoms with Crippen LogP contribution in [0.1, 0.15) is 43.5 Å². The van der Waals surface area contributed by atoms with Gasteiger partial charge in [0.1, 0.15) is 0 Å². The number of likely N-dealkylation sites (tertiary alicyclic amines) is 1. The molecular weight excluding hydrogens is 252 g/mol. The second-order valence-electron chi connectivity index (χ2n) is 5.91. The van der Waals surface area contributed by atoms with Crippen LogP contribution in [0.2, 0.25) is 0 Å². The molecule has 2 heterocycles. The van der Waals surface area contributed by atoms with Crippen LogP contribution in [-0.4, -0.2) is 35.3 Å². The third-order valence-corrected chi connectivity index (χ3v) is 4.24. The summed E-state index contributed by atoms with van der Waals surface area (Å²) in [4.78, 5) is 13.6. The largest absolute Gasteiger partial charge is 0.327 e. The van der Waals surface area contributed by atoms with Crippen molar-refractivity contribution < 1.29 is 9.69 Å². The Morgan fingerprint density at radius 2 is 1.80 bits per heavy atom. The molecule has 0 radical (unpaired) electrons. The fourth-order valence-corrected chi connectivity index (χ4v) is 2.95. The number of aromatic nitrogens is 2. The lowest BCUT2D eigenvalue weighted by Gasteiger charge is -2.21. The molecular formula is C15H27N4O+. The van der Waals surface area contributed by atoms with Gasteiger partial charge in [-0.1, -0.05) is 6.42 Å². The predicted molar refractivity (Wildman–Crippen MR) is 80.0 cm³/mol. The predicted octanol–water partition coefficient (Wildman–Crippen LogP) is 0.824. The van der Waals surface area contributed by atoms with Gasteiger partial charge in [0.05, 0.1) is 30.2 Å². The molecule has 0 aliphatic carbocycles. The van der Waals surface area contributed by atoms with Crippen LogP contribution in [0.15, 0.2) is 0 Å². The summed E-state index contributed by atoms with van der Waals surface area (Å²) in [6.07, 6.45) is 6.46. The van der Waals surface area contributed by atoms with Crippen LogP contribution in [0.5, 0.6) is 0 Å². The van der Waals surface area contributed by atoms with Gasteiger partial charge in [0, 0.05) is 7.05 Å². The van der Waals surface area contributed by atoms with Gasteiger partial charge in [0.2, 0.25) is 0 Å². The van der Waals surface area contributed by atoms with Crippen molar-refractivity contribution >= 4 is 11.6 Å². The van der Waals surface area contributed by atoms with Gasteiger partial charge in [-0.3, -0.25) is 9.48 Å². The van der Waals surface area contributed by atoms with Crippen molar-refractivity contribution in [2.24, 2.45) is 7.05 Å². The van der Waals surface area contributed by atoms with Crippen LogP contribution in [0.25, 0.3) is 0 Å². The van der Waals surface area contributed by atoms with Crippen molar-refractivity contribution in [3.8, 4) is 0 Å². The summed E-state index contributed by atoms with van der Waals surface area (Å²) in [6, 6.07) is 0. The van der Waals surface area contributed by atoms with E-state index in [9.17, 15) is 4.79 Å². The van der Waals surface area contributed by atoms with Crippen molar-refractivity contribution in [1.82, 2.24) is 9.78 Å². The summed E-state index contributed by atoms with van der Waals surface area (Å²) < 4.78 is 1.81.